The van der Waals surface area contributed by atoms with Crippen LogP contribution in [0.4, 0.5) is 5.69 Å². The molecule has 3 aromatic carbocycles. The Bertz CT molecular complexity index is 1220. The first-order chi connectivity index (χ1) is 17.4. The van der Waals surface area contributed by atoms with E-state index in [2.05, 4.69) is 26.0 Å². The number of hydrogen-bond donors (Lipinski definition) is 0. The molecule has 1 aliphatic heterocycles. The number of carbonyl (C=O) groups is 1. The standard InChI is InChI=1S/C30H35NO5/c1-7-35-27-16-22-17-29(32)31(23-12-9-20(10-13-23)19(3)4)30(24(22)18-28(27)36-8-2)21-11-14-25(33-5)26(15-21)34-6/h9-16,18-19,30H,7-8,17H2,1-6H3/t30-/m1/s1. The van der Waals surface area contributed by atoms with E-state index in [0.717, 1.165) is 22.4 Å². The van der Waals surface area contributed by atoms with Gasteiger partial charge in [0.2, 0.25) is 5.91 Å². The molecule has 1 aliphatic rings. The van der Waals surface area contributed by atoms with Crippen LogP contribution in [0.2, 0.25) is 0 Å². The van der Waals surface area contributed by atoms with Gasteiger partial charge in [-0.25, -0.2) is 0 Å². The Kier molecular flexibility index (Phi) is 7.73. The number of benzene rings is 3. The number of amides is 1. The Morgan fingerprint density at radius 3 is 2.06 bits per heavy atom. The highest BCUT2D eigenvalue weighted by molar-refractivity contribution is 5.98. The lowest BCUT2D eigenvalue weighted by Crippen LogP contribution is -2.41. The zero-order valence-electron chi connectivity index (χ0n) is 22.0. The normalized spacial score (nSPS) is 15.0. The van der Waals surface area contributed by atoms with Crippen LogP contribution in [0.1, 0.15) is 61.9 Å². The molecule has 0 unspecified atom stereocenters. The molecule has 0 spiro atoms. The third-order valence-electron chi connectivity index (χ3n) is 6.53. The van der Waals surface area contributed by atoms with Crippen LogP contribution in [-0.2, 0) is 11.2 Å². The van der Waals surface area contributed by atoms with Gasteiger partial charge in [0.15, 0.2) is 23.0 Å². The summed E-state index contributed by atoms with van der Waals surface area (Å²) in [6, 6.07) is 17.7. The van der Waals surface area contributed by atoms with Gasteiger partial charge >= 0.3 is 0 Å². The molecule has 0 radical (unpaired) electrons. The molecule has 36 heavy (non-hydrogen) atoms. The average molecular weight is 490 g/mol. The van der Waals surface area contributed by atoms with Crippen molar-refractivity contribution >= 4 is 11.6 Å². The summed E-state index contributed by atoms with van der Waals surface area (Å²) in [5.74, 6) is 3.01. The summed E-state index contributed by atoms with van der Waals surface area (Å²) < 4.78 is 22.9. The van der Waals surface area contributed by atoms with Gasteiger partial charge < -0.3 is 23.8 Å². The van der Waals surface area contributed by atoms with Crippen molar-refractivity contribution < 1.29 is 23.7 Å². The van der Waals surface area contributed by atoms with Crippen LogP contribution in [0, 0.1) is 0 Å². The second-order valence-corrected chi connectivity index (χ2v) is 9.07. The fourth-order valence-corrected chi connectivity index (χ4v) is 4.76. The number of methoxy groups -OCH3 is 2. The van der Waals surface area contributed by atoms with Gasteiger partial charge in [0.25, 0.3) is 0 Å². The lowest BCUT2D eigenvalue weighted by molar-refractivity contribution is -0.118. The van der Waals surface area contributed by atoms with Crippen LogP contribution in [0.3, 0.4) is 0 Å². The number of fused-ring (bicyclic) bond motifs is 1. The molecule has 6 nitrogen and oxygen atoms in total. The maximum absolute atomic E-state index is 13.7. The molecule has 0 N–H and O–H groups in total. The third-order valence-corrected chi connectivity index (χ3v) is 6.53. The smallest absolute Gasteiger partial charge is 0.232 e. The van der Waals surface area contributed by atoms with Crippen molar-refractivity contribution in [1.29, 1.82) is 0 Å². The Hall–Kier alpha value is -3.67. The van der Waals surface area contributed by atoms with Gasteiger partial charge in [0.1, 0.15) is 0 Å². The predicted molar refractivity (Wildman–Crippen MR) is 142 cm³/mol. The van der Waals surface area contributed by atoms with Crippen molar-refractivity contribution in [2.75, 3.05) is 32.3 Å². The molecule has 1 atom stereocenters. The van der Waals surface area contributed by atoms with Crippen molar-refractivity contribution in [1.82, 2.24) is 0 Å². The minimum absolute atomic E-state index is 0.0196. The molecule has 4 rings (SSSR count). The van der Waals surface area contributed by atoms with Gasteiger partial charge in [-0.15, -0.1) is 0 Å². The van der Waals surface area contributed by atoms with Crippen LogP contribution in [0.5, 0.6) is 23.0 Å². The van der Waals surface area contributed by atoms with Crippen molar-refractivity contribution in [3.8, 4) is 23.0 Å². The van der Waals surface area contributed by atoms with Crippen LogP contribution in [-0.4, -0.2) is 33.3 Å². The van der Waals surface area contributed by atoms with Crippen LogP contribution < -0.4 is 23.8 Å². The molecule has 6 heteroatoms. The maximum atomic E-state index is 13.7. The van der Waals surface area contributed by atoms with Gasteiger partial charge in [0, 0.05) is 5.69 Å². The summed E-state index contributed by atoms with van der Waals surface area (Å²) in [6.07, 6.45) is 0.275. The van der Waals surface area contributed by atoms with Gasteiger partial charge in [-0.2, -0.15) is 0 Å². The first kappa shape index (κ1) is 25.4. The van der Waals surface area contributed by atoms with Gasteiger partial charge in [-0.05, 0) is 78.4 Å². The molecule has 190 valence electrons. The van der Waals surface area contributed by atoms with E-state index < -0.39 is 0 Å². The summed E-state index contributed by atoms with van der Waals surface area (Å²) in [6.45, 7) is 9.24. The largest absolute Gasteiger partial charge is 0.493 e. The van der Waals surface area contributed by atoms with Gasteiger partial charge in [0.05, 0.1) is 39.9 Å². The summed E-state index contributed by atoms with van der Waals surface area (Å²) >= 11 is 0. The quantitative estimate of drug-likeness (QED) is 0.353. The molecule has 1 heterocycles. The molecule has 0 saturated heterocycles. The lowest BCUT2D eigenvalue weighted by atomic mass is 9.86. The number of hydrogen-bond acceptors (Lipinski definition) is 5. The summed E-state index contributed by atoms with van der Waals surface area (Å²) in [5, 5.41) is 0. The molecule has 0 saturated carbocycles. The average Bonchev–Trinajstić information content (AvgIpc) is 2.88. The zero-order chi connectivity index (χ0) is 25.8. The minimum Gasteiger partial charge on any atom is -0.493 e. The first-order valence-corrected chi connectivity index (χ1v) is 12.5. The third kappa shape index (κ3) is 4.85. The first-order valence-electron chi connectivity index (χ1n) is 12.5. The highest BCUT2D eigenvalue weighted by Gasteiger charge is 2.36. The van der Waals surface area contributed by atoms with Crippen molar-refractivity contribution in [3.05, 3.63) is 76.9 Å². The fraction of sp³-hybridized carbons (Fsp3) is 0.367. The van der Waals surface area contributed by atoms with Crippen molar-refractivity contribution in [2.24, 2.45) is 0 Å². The molecule has 0 fully saturated rings. The molecule has 3 aromatic rings. The highest BCUT2D eigenvalue weighted by Crippen LogP contribution is 2.45. The molecule has 0 bridgehead atoms. The summed E-state index contributed by atoms with van der Waals surface area (Å²) in [7, 11) is 3.23. The van der Waals surface area contributed by atoms with Crippen LogP contribution >= 0.6 is 0 Å². The van der Waals surface area contributed by atoms with E-state index in [1.165, 1.54) is 5.56 Å². The summed E-state index contributed by atoms with van der Waals surface area (Å²) in [4.78, 5) is 15.6. The zero-order valence-corrected chi connectivity index (χ0v) is 22.0. The Labute approximate surface area is 213 Å². The molecule has 1 amide bonds. The monoisotopic (exact) mass is 489 g/mol. The molecular formula is C30H35NO5. The topological polar surface area (TPSA) is 57.2 Å². The molecule has 0 aromatic heterocycles. The van der Waals surface area contributed by atoms with E-state index in [0.29, 0.717) is 42.1 Å². The van der Waals surface area contributed by atoms with Gasteiger partial charge in [-0.1, -0.05) is 32.0 Å². The molecule has 0 aliphatic carbocycles. The Balaban J connectivity index is 1.92. The second kappa shape index (κ2) is 10.9. The van der Waals surface area contributed by atoms with E-state index in [9.17, 15) is 4.79 Å². The maximum Gasteiger partial charge on any atom is 0.232 e. The predicted octanol–water partition coefficient (Wildman–Crippen LogP) is 6.30. The fourth-order valence-electron chi connectivity index (χ4n) is 4.76. The SMILES string of the molecule is CCOc1cc2c(cc1OCC)[C@@H](c1ccc(OC)c(OC)c1)N(c1ccc(C(C)C)cc1)C(=O)C2. The number of nitrogens with zero attached hydrogens (tertiary/aromatic N) is 1. The van der Waals surface area contributed by atoms with E-state index in [-0.39, 0.29) is 18.4 Å². The van der Waals surface area contributed by atoms with Crippen molar-refractivity contribution in [2.45, 2.75) is 46.1 Å². The van der Waals surface area contributed by atoms with E-state index in [1.807, 2.05) is 61.2 Å². The van der Waals surface area contributed by atoms with Crippen molar-refractivity contribution in [3.63, 3.8) is 0 Å². The minimum atomic E-state index is -0.374. The number of anilines is 1. The lowest BCUT2D eigenvalue weighted by Gasteiger charge is -2.38. The van der Waals surface area contributed by atoms with E-state index in [4.69, 9.17) is 18.9 Å². The van der Waals surface area contributed by atoms with Crippen LogP contribution in [0.15, 0.2) is 54.6 Å². The summed E-state index contributed by atoms with van der Waals surface area (Å²) in [5.41, 5.74) is 4.93. The number of rotatable bonds is 9. The molecular weight excluding hydrogens is 454 g/mol. The number of carbonyl (C=O) groups excluding carboxylic acids is 1. The van der Waals surface area contributed by atoms with E-state index >= 15 is 0 Å². The van der Waals surface area contributed by atoms with Gasteiger partial charge in [-0.3, -0.25) is 4.79 Å². The van der Waals surface area contributed by atoms with Crippen LogP contribution in [0.25, 0.3) is 0 Å². The second-order valence-electron chi connectivity index (χ2n) is 9.07. The Morgan fingerprint density at radius 2 is 1.47 bits per heavy atom. The highest BCUT2D eigenvalue weighted by atomic mass is 16.5. The number of ether oxygens (including phenoxy) is 4. The van der Waals surface area contributed by atoms with E-state index in [1.54, 1.807) is 14.2 Å². The Morgan fingerprint density at radius 1 is 0.833 bits per heavy atom.